The van der Waals surface area contributed by atoms with Crippen LogP contribution in [0.2, 0.25) is 0 Å². The third kappa shape index (κ3) is 4.30. The molecule has 1 nitrogen and oxygen atoms in total. The first-order valence-electron chi connectivity index (χ1n) is 12.0. The lowest BCUT2D eigenvalue weighted by atomic mass is 9.84. The molecule has 5 rings (SSSR count). The molecule has 5 aromatic rings. The predicted octanol–water partition coefficient (Wildman–Crippen LogP) is 9.84. The average molecular weight is 504 g/mol. The lowest BCUT2D eigenvalue weighted by Gasteiger charge is -2.27. The van der Waals surface area contributed by atoms with Gasteiger partial charge < -0.3 is 0 Å². The van der Waals surface area contributed by atoms with Crippen LogP contribution < -0.4 is 0 Å². The third-order valence-corrected chi connectivity index (χ3v) is 8.33. The van der Waals surface area contributed by atoms with Crippen molar-refractivity contribution in [1.29, 1.82) is 0 Å². The summed E-state index contributed by atoms with van der Waals surface area (Å²) in [6.45, 7) is 8.83. The van der Waals surface area contributed by atoms with E-state index in [1.807, 2.05) is 30.5 Å². The molecule has 2 heterocycles. The summed E-state index contributed by atoms with van der Waals surface area (Å²) in [5.74, 6) is 0. The number of rotatable bonds is 4. The topological polar surface area (TPSA) is 12.9 Å². The van der Waals surface area contributed by atoms with E-state index in [9.17, 15) is 13.2 Å². The van der Waals surface area contributed by atoms with Gasteiger partial charge in [-0.15, -0.1) is 11.3 Å². The van der Waals surface area contributed by atoms with Crippen LogP contribution in [0.25, 0.3) is 42.6 Å². The van der Waals surface area contributed by atoms with E-state index in [1.54, 1.807) is 11.3 Å². The molecule has 36 heavy (non-hydrogen) atoms. The molecule has 0 atom stereocenters. The lowest BCUT2D eigenvalue weighted by Crippen LogP contribution is -2.34. The Morgan fingerprint density at radius 1 is 0.750 bits per heavy atom. The van der Waals surface area contributed by atoms with Crippen molar-refractivity contribution in [2.45, 2.75) is 47.2 Å². The molecule has 0 radical (unpaired) electrons. The molecule has 0 aliphatic rings. The number of aryl methyl sites for hydroxylation is 3. The second-order valence-electron chi connectivity index (χ2n) is 10.4. The Labute approximate surface area is 213 Å². The van der Waals surface area contributed by atoms with Crippen LogP contribution in [0.1, 0.15) is 36.1 Å². The normalized spacial score (nSPS) is 12.6. The summed E-state index contributed by atoms with van der Waals surface area (Å²) in [5.41, 5.74) is 6.75. The number of halogens is 3. The molecular formula is C31H28F3NS. The van der Waals surface area contributed by atoms with Crippen molar-refractivity contribution in [1.82, 2.24) is 4.98 Å². The molecule has 5 heteroatoms. The van der Waals surface area contributed by atoms with E-state index in [-0.39, 0.29) is 6.42 Å². The summed E-state index contributed by atoms with van der Waals surface area (Å²) in [4.78, 5) is 4.75. The van der Waals surface area contributed by atoms with Crippen molar-refractivity contribution in [3.05, 3.63) is 89.1 Å². The summed E-state index contributed by atoms with van der Waals surface area (Å²) < 4.78 is 42.4. The highest BCUT2D eigenvalue weighted by Gasteiger charge is 2.46. The molecule has 0 unspecified atom stereocenters. The van der Waals surface area contributed by atoms with Gasteiger partial charge in [0.2, 0.25) is 0 Å². The van der Waals surface area contributed by atoms with Crippen LogP contribution in [0.5, 0.6) is 0 Å². The zero-order valence-corrected chi connectivity index (χ0v) is 21.9. The third-order valence-electron chi connectivity index (χ3n) is 6.98. The maximum Gasteiger partial charge on any atom is 0.394 e. The number of aromatic nitrogens is 1. The SMILES string of the molecule is Cc1cc(C)cc(-c2nccc3c2sc2c(C)c(-c4ccc(CC(C)(C)C(F)(F)F)cc4)ccc23)c1. The largest absolute Gasteiger partial charge is 0.394 e. The summed E-state index contributed by atoms with van der Waals surface area (Å²) in [6, 6.07) is 20.4. The number of hydrogen-bond donors (Lipinski definition) is 0. The Bertz CT molecular complexity index is 1570. The minimum absolute atomic E-state index is 0.0423. The molecule has 3 aromatic carbocycles. The van der Waals surface area contributed by atoms with E-state index in [2.05, 4.69) is 57.2 Å². The molecule has 0 saturated carbocycles. The Morgan fingerprint density at radius 2 is 1.39 bits per heavy atom. The van der Waals surface area contributed by atoms with Crippen LogP contribution in [0, 0.1) is 26.2 Å². The van der Waals surface area contributed by atoms with Crippen LogP contribution in [0.3, 0.4) is 0 Å². The van der Waals surface area contributed by atoms with Crippen molar-refractivity contribution < 1.29 is 13.2 Å². The van der Waals surface area contributed by atoms with E-state index in [1.165, 1.54) is 50.7 Å². The van der Waals surface area contributed by atoms with E-state index in [0.717, 1.165) is 22.4 Å². The molecule has 0 N–H and O–H groups in total. The van der Waals surface area contributed by atoms with Crippen molar-refractivity contribution in [2.75, 3.05) is 0 Å². The monoisotopic (exact) mass is 503 g/mol. The van der Waals surface area contributed by atoms with Gasteiger partial charge in [0.25, 0.3) is 0 Å². The first-order chi connectivity index (χ1) is 16.9. The summed E-state index contributed by atoms with van der Waals surface area (Å²) >= 11 is 1.76. The molecule has 0 aliphatic carbocycles. The fourth-order valence-corrected chi connectivity index (χ4v) is 6.25. The van der Waals surface area contributed by atoms with Gasteiger partial charge in [-0.25, -0.2) is 0 Å². The standard InChI is InChI=1S/C31H28F3NS/c1-18-14-19(2)16-23(15-18)27-29-26(12-13-35-27)25-11-10-24(20(3)28(25)36-29)22-8-6-21(7-9-22)17-30(4,5)31(32,33)34/h6-16H,17H2,1-5H3. The number of fused-ring (bicyclic) bond motifs is 3. The molecular weight excluding hydrogens is 475 g/mol. The van der Waals surface area contributed by atoms with Gasteiger partial charge in [-0.3, -0.25) is 4.98 Å². The first-order valence-corrected chi connectivity index (χ1v) is 12.8. The Hall–Kier alpha value is -3.18. The fraction of sp³-hybridized carbons (Fsp3) is 0.258. The summed E-state index contributed by atoms with van der Waals surface area (Å²) in [6.07, 6.45) is -2.40. The van der Waals surface area contributed by atoms with E-state index < -0.39 is 11.6 Å². The highest BCUT2D eigenvalue weighted by atomic mass is 32.1. The molecule has 184 valence electrons. The number of pyridine rings is 1. The lowest BCUT2D eigenvalue weighted by molar-refractivity contribution is -0.211. The zero-order chi connectivity index (χ0) is 25.8. The van der Waals surface area contributed by atoms with Crippen LogP contribution in [0.15, 0.2) is 66.9 Å². The Kier molecular flexibility index (Phi) is 5.95. The van der Waals surface area contributed by atoms with Gasteiger partial charge in [-0.2, -0.15) is 13.2 Å². The number of nitrogens with zero attached hydrogens (tertiary/aromatic N) is 1. The number of hydrogen-bond acceptors (Lipinski definition) is 2. The number of benzene rings is 3. The second kappa shape index (κ2) is 8.74. The van der Waals surface area contributed by atoms with E-state index >= 15 is 0 Å². The molecule has 0 bridgehead atoms. The first kappa shape index (κ1) is 24.5. The Morgan fingerprint density at radius 3 is 2.03 bits per heavy atom. The maximum atomic E-state index is 13.3. The van der Waals surface area contributed by atoms with Gasteiger partial charge in [0.15, 0.2) is 0 Å². The van der Waals surface area contributed by atoms with Crippen molar-refractivity contribution in [2.24, 2.45) is 5.41 Å². The number of thiophene rings is 1. The predicted molar refractivity (Wildman–Crippen MR) is 146 cm³/mol. The molecule has 0 fully saturated rings. The molecule has 0 amide bonds. The fourth-order valence-electron chi connectivity index (χ4n) is 4.94. The Balaban J connectivity index is 1.57. The number of alkyl halides is 3. The van der Waals surface area contributed by atoms with E-state index in [4.69, 9.17) is 4.98 Å². The van der Waals surface area contributed by atoms with Gasteiger partial charge in [0, 0.05) is 27.2 Å². The highest BCUT2D eigenvalue weighted by molar-refractivity contribution is 7.26. The maximum absolute atomic E-state index is 13.3. The van der Waals surface area contributed by atoms with Gasteiger partial charge in [0.05, 0.1) is 15.8 Å². The zero-order valence-electron chi connectivity index (χ0n) is 21.0. The van der Waals surface area contributed by atoms with Crippen molar-refractivity contribution >= 4 is 31.5 Å². The summed E-state index contributed by atoms with van der Waals surface area (Å²) in [5, 5.41) is 2.39. The smallest absolute Gasteiger partial charge is 0.255 e. The van der Waals surface area contributed by atoms with Gasteiger partial charge >= 0.3 is 6.18 Å². The van der Waals surface area contributed by atoms with Gasteiger partial charge in [0.1, 0.15) is 0 Å². The van der Waals surface area contributed by atoms with Crippen LogP contribution >= 0.6 is 11.3 Å². The molecule has 0 aliphatic heterocycles. The van der Waals surface area contributed by atoms with Crippen LogP contribution in [-0.2, 0) is 6.42 Å². The highest BCUT2D eigenvalue weighted by Crippen LogP contribution is 2.43. The quantitative estimate of drug-likeness (QED) is 0.238. The van der Waals surface area contributed by atoms with E-state index in [0.29, 0.717) is 5.56 Å². The summed E-state index contributed by atoms with van der Waals surface area (Å²) in [7, 11) is 0. The van der Waals surface area contributed by atoms with Crippen LogP contribution in [0.4, 0.5) is 13.2 Å². The van der Waals surface area contributed by atoms with Crippen LogP contribution in [-0.4, -0.2) is 11.2 Å². The van der Waals surface area contributed by atoms with Gasteiger partial charge in [-0.05, 0) is 67.6 Å². The van der Waals surface area contributed by atoms with Crippen molar-refractivity contribution in [3.8, 4) is 22.4 Å². The van der Waals surface area contributed by atoms with Gasteiger partial charge in [-0.1, -0.05) is 67.4 Å². The van der Waals surface area contributed by atoms with Crippen molar-refractivity contribution in [3.63, 3.8) is 0 Å². The molecule has 0 spiro atoms. The minimum atomic E-state index is -4.24. The second-order valence-corrected chi connectivity index (χ2v) is 11.4. The molecule has 0 saturated heterocycles. The minimum Gasteiger partial charge on any atom is -0.255 e. The molecule has 2 aromatic heterocycles. The average Bonchev–Trinajstić information content (AvgIpc) is 3.18.